The Morgan fingerprint density at radius 1 is 1.16 bits per heavy atom. The zero-order valence-corrected chi connectivity index (χ0v) is 17.4. The highest BCUT2D eigenvalue weighted by Gasteiger charge is 2.43. The number of rotatable bonds is 5. The molecule has 5 rings (SSSR count). The highest BCUT2D eigenvalue weighted by Crippen LogP contribution is 2.35. The summed E-state index contributed by atoms with van der Waals surface area (Å²) in [4.78, 5) is 24.7. The normalized spacial score (nSPS) is 24.7. The zero-order chi connectivity index (χ0) is 21.4. The van der Waals surface area contributed by atoms with Crippen LogP contribution in [0.1, 0.15) is 40.7 Å². The summed E-state index contributed by atoms with van der Waals surface area (Å²) >= 11 is 0. The molecular formula is C25H26N4O2. The van der Waals surface area contributed by atoms with Crippen LogP contribution in [0.3, 0.4) is 0 Å². The summed E-state index contributed by atoms with van der Waals surface area (Å²) in [7, 11) is 0. The lowest BCUT2D eigenvalue weighted by Gasteiger charge is -2.23. The number of benzene rings is 2. The van der Waals surface area contributed by atoms with Crippen molar-refractivity contribution in [2.75, 3.05) is 6.54 Å². The summed E-state index contributed by atoms with van der Waals surface area (Å²) in [6, 6.07) is 16.0. The van der Waals surface area contributed by atoms with Crippen molar-refractivity contribution in [2.45, 2.75) is 50.2 Å². The van der Waals surface area contributed by atoms with Gasteiger partial charge in [0.25, 0.3) is 5.91 Å². The summed E-state index contributed by atoms with van der Waals surface area (Å²) in [5.41, 5.74) is 4.84. The van der Waals surface area contributed by atoms with Gasteiger partial charge in [-0.05, 0) is 59.9 Å². The predicted octanol–water partition coefficient (Wildman–Crippen LogP) is 2.33. The molecule has 31 heavy (non-hydrogen) atoms. The Morgan fingerprint density at radius 3 is 2.68 bits per heavy atom. The fourth-order valence-corrected chi connectivity index (χ4v) is 5.20. The number of piperidine rings is 1. The van der Waals surface area contributed by atoms with E-state index in [-0.39, 0.29) is 17.9 Å². The Morgan fingerprint density at radius 2 is 1.97 bits per heavy atom. The molecule has 2 bridgehead atoms. The van der Waals surface area contributed by atoms with Crippen LogP contribution in [0.2, 0.25) is 0 Å². The molecule has 2 fully saturated rings. The first kappa shape index (κ1) is 19.8. The summed E-state index contributed by atoms with van der Waals surface area (Å²) < 4.78 is 0. The number of nitrogens with one attached hydrogen (secondary N) is 3. The van der Waals surface area contributed by atoms with Gasteiger partial charge < -0.3 is 16.0 Å². The second kappa shape index (κ2) is 8.16. The fraction of sp³-hybridized carbons (Fsp3) is 0.400. The van der Waals surface area contributed by atoms with Gasteiger partial charge in [-0.1, -0.05) is 36.4 Å². The molecule has 2 aliphatic heterocycles. The van der Waals surface area contributed by atoms with E-state index in [1.54, 1.807) is 0 Å². The molecule has 1 saturated carbocycles. The number of hydrogen-bond acceptors (Lipinski definition) is 4. The minimum atomic E-state index is -0.549. The molecule has 3 N–H and O–H groups in total. The number of fused-ring (bicyclic) bond motifs is 3. The number of carbonyl (C=O) groups excluding carboxylic acids is 2. The molecular weight excluding hydrogens is 388 g/mol. The molecule has 0 aromatic heterocycles. The van der Waals surface area contributed by atoms with Gasteiger partial charge in [-0.15, -0.1) is 0 Å². The van der Waals surface area contributed by atoms with Crippen LogP contribution in [0.25, 0.3) is 11.1 Å². The maximum Gasteiger partial charge on any atom is 0.251 e. The topological polar surface area (TPSA) is 94.0 Å². The first-order valence-electron chi connectivity index (χ1n) is 11.1. The van der Waals surface area contributed by atoms with Gasteiger partial charge in [-0.25, -0.2) is 0 Å². The Balaban J connectivity index is 1.24. The van der Waals surface area contributed by atoms with Crippen LogP contribution in [0.15, 0.2) is 42.5 Å². The third-order valence-corrected chi connectivity index (χ3v) is 6.88. The molecule has 2 amide bonds. The van der Waals surface area contributed by atoms with Crippen molar-refractivity contribution >= 4 is 11.8 Å². The van der Waals surface area contributed by atoms with E-state index in [0.717, 1.165) is 53.5 Å². The summed E-state index contributed by atoms with van der Waals surface area (Å²) in [6.07, 6.45) is 4.65. The number of hydrogen-bond donors (Lipinski definition) is 3. The molecule has 6 heteroatoms. The molecule has 0 spiro atoms. The van der Waals surface area contributed by atoms with Crippen LogP contribution in [0.4, 0.5) is 0 Å². The fourth-order valence-electron chi connectivity index (χ4n) is 5.20. The SMILES string of the molecule is N#C[C@H](Cc1ccc(-c2ccc3c(c2)C(=O)NCC3)cc1)NC(=O)[C@H]1NC2CCC1C2. The second-order valence-corrected chi connectivity index (χ2v) is 8.88. The van der Waals surface area contributed by atoms with Gasteiger partial charge in [-0.2, -0.15) is 5.26 Å². The van der Waals surface area contributed by atoms with E-state index in [4.69, 9.17) is 0 Å². The average Bonchev–Trinajstić information content (AvgIpc) is 3.43. The summed E-state index contributed by atoms with van der Waals surface area (Å²) in [5.74, 6) is 0.335. The molecule has 1 saturated heterocycles. The van der Waals surface area contributed by atoms with Gasteiger partial charge in [0.1, 0.15) is 6.04 Å². The summed E-state index contributed by atoms with van der Waals surface area (Å²) in [6.45, 7) is 0.689. The molecule has 6 nitrogen and oxygen atoms in total. The number of amides is 2. The second-order valence-electron chi connectivity index (χ2n) is 8.88. The lowest BCUT2D eigenvalue weighted by Crippen LogP contribution is -2.50. The molecule has 2 aromatic rings. The smallest absolute Gasteiger partial charge is 0.251 e. The van der Waals surface area contributed by atoms with Gasteiger partial charge in [0.2, 0.25) is 5.91 Å². The van der Waals surface area contributed by atoms with Gasteiger partial charge in [0.05, 0.1) is 12.1 Å². The summed E-state index contributed by atoms with van der Waals surface area (Å²) in [5, 5.41) is 18.8. The number of nitrogens with zero attached hydrogens (tertiary/aromatic N) is 1. The molecule has 2 aromatic carbocycles. The number of nitriles is 1. The van der Waals surface area contributed by atoms with Crippen LogP contribution in [-0.2, 0) is 17.6 Å². The van der Waals surface area contributed by atoms with Crippen LogP contribution in [-0.4, -0.2) is 36.5 Å². The Hall–Kier alpha value is -3.17. The van der Waals surface area contributed by atoms with Gasteiger partial charge in [0, 0.05) is 24.6 Å². The van der Waals surface area contributed by atoms with E-state index < -0.39 is 6.04 Å². The minimum absolute atomic E-state index is 0.0164. The lowest BCUT2D eigenvalue weighted by atomic mass is 9.94. The van der Waals surface area contributed by atoms with E-state index in [2.05, 4.69) is 22.0 Å². The standard InChI is InChI=1S/C25H26N4O2/c26-14-21(29-25(31)23-19-7-8-20(12-19)28-23)11-15-1-3-16(4-2-15)18-6-5-17-9-10-27-24(30)22(17)13-18/h1-6,13,19-21,23,28H,7-12H2,(H,27,30)(H,29,31)/t19?,20?,21-,23-/m0/s1. The van der Waals surface area contributed by atoms with Crippen LogP contribution in [0.5, 0.6) is 0 Å². The predicted molar refractivity (Wildman–Crippen MR) is 117 cm³/mol. The van der Waals surface area contributed by atoms with E-state index >= 15 is 0 Å². The Labute approximate surface area is 182 Å². The van der Waals surface area contributed by atoms with E-state index in [1.807, 2.05) is 42.5 Å². The van der Waals surface area contributed by atoms with Crippen molar-refractivity contribution in [1.29, 1.82) is 5.26 Å². The third-order valence-electron chi connectivity index (χ3n) is 6.88. The number of carbonyl (C=O) groups is 2. The molecule has 158 valence electrons. The molecule has 2 unspecified atom stereocenters. The van der Waals surface area contributed by atoms with E-state index in [1.165, 1.54) is 0 Å². The first-order chi connectivity index (χ1) is 15.1. The molecule has 2 heterocycles. The lowest BCUT2D eigenvalue weighted by molar-refractivity contribution is -0.124. The van der Waals surface area contributed by atoms with Crippen LogP contribution in [0, 0.1) is 17.2 Å². The quantitative estimate of drug-likeness (QED) is 0.700. The van der Waals surface area contributed by atoms with Crippen molar-refractivity contribution in [3.05, 3.63) is 59.2 Å². The van der Waals surface area contributed by atoms with Gasteiger partial charge in [-0.3, -0.25) is 9.59 Å². The molecule has 1 aliphatic carbocycles. The highest BCUT2D eigenvalue weighted by atomic mass is 16.2. The maximum absolute atomic E-state index is 12.6. The average molecular weight is 415 g/mol. The monoisotopic (exact) mass is 414 g/mol. The molecule has 0 radical (unpaired) electrons. The zero-order valence-electron chi connectivity index (χ0n) is 17.4. The Kier molecular flexibility index (Phi) is 5.21. The minimum Gasteiger partial charge on any atom is -0.352 e. The molecule has 4 atom stereocenters. The van der Waals surface area contributed by atoms with Crippen molar-refractivity contribution in [1.82, 2.24) is 16.0 Å². The van der Waals surface area contributed by atoms with E-state index in [0.29, 0.717) is 24.9 Å². The first-order valence-corrected chi connectivity index (χ1v) is 11.1. The van der Waals surface area contributed by atoms with E-state index in [9.17, 15) is 14.9 Å². The van der Waals surface area contributed by atoms with Crippen molar-refractivity contribution in [2.24, 2.45) is 5.92 Å². The van der Waals surface area contributed by atoms with Crippen molar-refractivity contribution in [3.8, 4) is 17.2 Å². The largest absolute Gasteiger partial charge is 0.352 e. The van der Waals surface area contributed by atoms with Crippen molar-refractivity contribution in [3.63, 3.8) is 0 Å². The van der Waals surface area contributed by atoms with Gasteiger partial charge >= 0.3 is 0 Å². The van der Waals surface area contributed by atoms with Crippen LogP contribution >= 0.6 is 0 Å². The molecule has 3 aliphatic rings. The highest BCUT2D eigenvalue weighted by molar-refractivity contribution is 5.98. The van der Waals surface area contributed by atoms with Gasteiger partial charge in [0.15, 0.2) is 0 Å². The third kappa shape index (κ3) is 3.94. The maximum atomic E-state index is 12.6. The van der Waals surface area contributed by atoms with Crippen LogP contribution < -0.4 is 16.0 Å². The Bertz CT molecular complexity index is 1060. The van der Waals surface area contributed by atoms with Crippen molar-refractivity contribution < 1.29 is 9.59 Å².